The number of guanidine groups is 1. The first-order chi connectivity index (χ1) is 9.84. The van der Waals surface area contributed by atoms with Gasteiger partial charge >= 0.3 is 0 Å². The SMILES string of the molecule is Fc1ccccc1N1CCN=C1NCc1ccccc1. The van der Waals surface area contributed by atoms with Gasteiger partial charge in [-0.2, -0.15) is 0 Å². The van der Waals surface area contributed by atoms with Gasteiger partial charge in [0.15, 0.2) is 5.96 Å². The molecule has 0 bridgehead atoms. The molecule has 0 atom stereocenters. The van der Waals surface area contributed by atoms with Crippen LogP contribution < -0.4 is 10.2 Å². The maximum Gasteiger partial charge on any atom is 0.198 e. The fourth-order valence-corrected chi connectivity index (χ4v) is 2.28. The lowest BCUT2D eigenvalue weighted by molar-refractivity contribution is 0.626. The summed E-state index contributed by atoms with van der Waals surface area (Å²) in [5, 5.41) is 3.28. The normalized spacial score (nSPS) is 14.2. The number of benzene rings is 2. The van der Waals surface area contributed by atoms with Gasteiger partial charge < -0.3 is 10.2 Å². The van der Waals surface area contributed by atoms with Gasteiger partial charge in [0.25, 0.3) is 0 Å². The van der Waals surface area contributed by atoms with Crippen LogP contribution in [0.15, 0.2) is 59.6 Å². The predicted octanol–water partition coefficient (Wildman–Crippen LogP) is 2.79. The molecule has 3 rings (SSSR count). The minimum atomic E-state index is -0.219. The summed E-state index contributed by atoms with van der Waals surface area (Å²) in [5.74, 6) is 0.516. The number of para-hydroxylation sites is 1. The Kier molecular flexibility index (Phi) is 3.63. The van der Waals surface area contributed by atoms with Gasteiger partial charge in [-0.1, -0.05) is 42.5 Å². The molecule has 2 aromatic carbocycles. The van der Waals surface area contributed by atoms with E-state index in [0.29, 0.717) is 25.3 Å². The third-order valence-electron chi connectivity index (χ3n) is 3.28. The number of nitrogens with one attached hydrogen (secondary N) is 1. The lowest BCUT2D eigenvalue weighted by atomic mass is 10.2. The van der Waals surface area contributed by atoms with Crippen LogP contribution in [0.3, 0.4) is 0 Å². The van der Waals surface area contributed by atoms with Gasteiger partial charge in [0.05, 0.1) is 12.2 Å². The van der Waals surface area contributed by atoms with Crippen molar-refractivity contribution in [2.24, 2.45) is 4.99 Å². The highest BCUT2D eigenvalue weighted by atomic mass is 19.1. The molecule has 1 heterocycles. The Hall–Kier alpha value is -2.36. The smallest absolute Gasteiger partial charge is 0.198 e. The van der Waals surface area contributed by atoms with Crippen molar-refractivity contribution >= 4 is 11.6 Å². The van der Waals surface area contributed by atoms with Crippen LogP contribution in [0.5, 0.6) is 0 Å². The maximum absolute atomic E-state index is 13.9. The molecule has 0 aliphatic carbocycles. The minimum absolute atomic E-state index is 0.219. The van der Waals surface area contributed by atoms with Gasteiger partial charge in [-0.3, -0.25) is 4.99 Å². The topological polar surface area (TPSA) is 27.6 Å². The van der Waals surface area contributed by atoms with Crippen LogP contribution in [-0.2, 0) is 6.54 Å². The third-order valence-corrected chi connectivity index (χ3v) is 3.28. The highest BCUT2D eigenvalue weighted by Gasteiger charge is 2.20. The molecule has 0 fully saturated rings. The molecule has 0 spiro atoms. The lowest BCUT2D eigenvalue weighted by Crippen LogP contribution is -2.38. The number of hydrogen-bond acceptors (Lipinski definition) is 3. The molecule has 0 saturated carbocycles. The zero-order valence-corrected chi connectivity index (χ0v) is 11.1. The van der Waals surface area contributed by atoms with Crippen LogP contribution in [0.4, 0.5) is 10.1 Å². The second-order valence-electron chi connectivity index (χ2n) is 4.65. The molecule has 0 radical (unpaired) electrons. The summed E-state index contributed by atoms with van der Waals surface area (Å²) in [6.07, 6.45) is 0. The highest BCUT2D eigenvalue weighted by Crippen LogP contribution is 2.20. The molecule has 20 heavy (non-hydrogen) atoms. The van der Waals surface area contributed by atoms with Gasteiger partial charge in [0.1, 0.15) is 5.82 Å². The van der Waals surface area contributed by atoms with E-state index in [1.807, 2.05) is 29.2 Å². The minimum Gasteiger partial charge on any atom is -0.352 e. The van der Waals surface area contributed by atoms with E-state index in [-0.39, 0.29) is 5.82 Å². The number of halogens is 1. The van der Waals surface area contributed by atoms with Crippen LogP contribution in [-0.4, -0.2) is 19.0 Å². The predicted molar refractivity (Wildman–Crippen MR) is 79.3 cm³/mol. The molecule has 0 aromatic heterocycles. The van der Waals surface area contributed by atoms with Gasteiger partial charge in [-0.15, -0.1) is 0 Å². The quantitative estimate of drug-likeness (QED) is 0.928. The highest BCUT2D eigenvalue weighted by molar-refractivity contribution is 5.97. The van der Waals surface area contributed by atoms with Gasteiger partial charge in [-0.25, -0.2) is 4.39 Å². The first-order valence-corrected chi connectivity index (χ1v) is 6.69. The molecule has 1 aliphatic rings. The molecular weight excluding hydrogens is 253 g/mol. The second-order valence-corrected chi connectivity index (χ2v) is 4.65. The van der Waals surface area contributed by atoms with E-state index < -0.39 is 0 Å². The zero-order valence-electron chi connectivity index (χ0n) is 11.1. The van der Waals surface area contributed by atoms with Crippen LogP contribution in [0.25, 0.3) is 0 Å². The monoisotopic (exact) mass is 269 g/mol. The molecular formula is C16H16FN3. The first-order valence-electron chi connectivity index (χ1n) is 6.69. The Balaban J connectivity index is 1.72. The number of hydrogen-bond donors (Lipinski definition) is 1. The summed E-state index contributed by atoms with van der Waals surface area (Å²) in [4.78, 5) is 6.30. The summed E-state index contributed by atoms with van der Waals surface area (Å²) < 4.78 is 13.9. The van der Waals surface area contributed by atoms with E-state index >= 15 is 0 Å². The number of anilines is 1. The molecule has 1 aliphatic heterocycles. The second kappa shape index (κ2) is 5.74. The Labute approximate surface area is 117 Å². The van der Waals surface area contributed by atoms with E-state index in [1.54, 1.807) is 12.1 Å². The van der Waals surface area contributed by atoms with Crippen molar-refractivity contribution in [3.63, 3.8) is 0 Å². The van der Waals surface area contributed by atoms with Crippen LogP contribution >= 0.6 is 0 Å². The van der Waals surface area contributed by atoms with Crippen LogP contribution in [0, 0.1) is 5.82 Å². The molecule has 102 valence electrons. The van der Waals surface area contributed by atoms with Gasteiger partial charge in [0, 0.05) is 13.1 Å². The number of nitrogens with zero attached hydrogens (tertiary/aromatic N) is 2. The van der Waals surface area contributed by atoms with E-state index in [0.717, 1.165) is 5.96 Å². The van der Waals surface area contributed by atoms with E-state index in [9.17, 15) is 4.39 Å². The zero-order chi connectivity index (χ0) is 13.8. The molecule has 4 heteroatoms. The largest absolute Gasteiger partial charge is 0.352 e. The van der Waals surface area contributed by atoms with E-state index in [2.05, 4.69) is 22.4 Å². The van der Waals surface area contributed by atoms with Crippen molar-refractivity contribution in [1.82, 2.24) is 5.32 Å². The Morgan fingerprint density at radius 2 is 1.80 bits per heavy atom. The van der Waals surface area contributed by atoms with Crippen molar-refractivity contribution in [2.75, 3.05) is 18.0 Å². The standard InChI is InChI=1S/C16H16FN3/c17-14-8-4-5-9-15(14)20-11-10-18-16(20)19-12-13-6-2-1-3-7-13/h1-9H,10-12H2,(H,18,19). The lowest BCUT2D eigenvalue weighted by Gasteiger charge is -2.21. The van der Waals surface area contributed by atoms with E-state index in [4.69, 9.17) is 0 Å². The molecule has 3 nitrogen and oxygen atoms in total. The van der Waals surface area contributed by atoms with E-state index in [1.165, 1.54) is 11.6 Å². The average Bonchev–Trinajstić information content (AvgIpc) is 2.95. The van der Waals surface area contributed by atoms with Crippen molar-refractivity contribution in [2.45, 2.75) is 6.54 Å². The van der Waals surface area contributed by atoms with Crippen LogP contribution in [0.2, 0.25) is 0 Å². The summed E-state index contributed by atoms with van der Waals surface area (Å²) in [5.41, 5.74) is 1.75. The third kappa shape index (κ3) is 2.64. The summed E-state index contributed by atoms with van der Waals surface area (Å²) in [6.45, 7) is 2.08. The molecule has 2 aromatic rings. The van der Waals surface area contributed by atoms with Gasteiger partial charge in [0.2, 0.25) is 0 Å². The van der Waals surface area contributed by atoms with Gasteiger partial charge in [-0.05, 0) is 17.7 Å². The number of rotatable bonds is 3. The molecule has 0 unspecified atom stereocenters. The molecule has 1 N–H and O–H groups in total. The van der Waals surface area contributed by atoms with Crippen molar-refractivity contribution in [1.29, 1.82) is 0 Å². The Morgan fingerprint density at radius 3 is 2.60 bits per heavy atom. The van der Waals surface area contributed by atoms with Crippen molar-refractivity contribution < 1.29 is 4.39 Å². The van der Waals surface area contributed by atoms with Crippen LogP contribution in [0.1, 0.15) is 5.56 Å². The molecule has 0 amide bonds. The Bertz CT molecular complexity index is 610. The fourth-order valence-electron chi connectivity index (χ4n) is 2.28. The van der Waals surface area contributed by atoms with Crippen molar-refractivity contribution in [3.8, 4) is 0 Å². The summed E-state index contributed by atoms with van der Waals surface area (Å²) >= 11 is 0. The molecule has 0 saturated heterocycles. The summed E-state index contributed by atoms with van der Waals surface area (Å²) in [7, 11) is 0. The number of aliphatic imine (C=N–C) groups is 1. The fraction of sp³-hybridized carbons (Fsp3) is 0.188. The maximum atomic E-state index is 13.9. The average molecular weight is 269 g/mol. The first kappa shape index (κ1) is 12.7. The Morgan fingerprint density at radius 1 is 1.05 bits per heavy atom. The summed E-state index contributed by atoms with van der Waals surface area (Å²) in [6, 6.07) is 16.9. The van der Waals surface area contributed by atoms with Crippen molar-refractivity contribution in [3.05, 3.63) is 66.0 Å².